The Balaban J connectivity index is 2.70. The van der Waals surface area contributed by atoms with E-state index < -0.39 is 0 Å². The van der Waals surface area contributed by atoms with Crippen molar-refractivity contribution in [1.29, 1.82) is 0 Å². The SMILES string of the molecule is CCN(CC)C(=O)CNc1cc(Cl)nc(C(C)C)n1. The zero-order valence-corrected chi connectivity index (χ0v) is 12.7. The summed E-state index contributed by atoms with van der Waals surface area (Å²) in [5.74, 6) is 1.50. The maximum Gasteiger partial charge on any atom is 0.241 e. The number of likely N-dealkylation sites (N-methyl/N-ethyl adjacent to an activating group) is 1. The molecule has 1 aromatic rings. The van der Waals surface area contributed by atoms with Crippen molar-refractivity contribution in [3.63, 3.8) is 0 Å². The van der Waals surface area contributed by atoms with Gasteiger partial charge in [-0.3, -0.25) is 4.79 Å². The van der Waals surface area contributed by atoms with E-state index in [4.69, 9.17) is 11.6 Å². The summed E-state index contributed by atoms with van der Waals surface area (Å²) in [5, 5.41) is 3.39. The molecule has 1 heterocycles. The Bertz CT molecular complexity index is 433. The van der Waals surface area contributed by atoms with Gasteiger partial charge in [0.15, 0.2) is 0 Å². The number of hydrogen-bond acceptors (Lipinski definition) is 4. The number of nitrogens with one attached hydrogen (secondary N) is 1. The van der Waals surface area contributed by atoms with Crippen LogP contribution < -0.4 is 5.32 Å². The van der Waals surface area contributed by atoms with Gasteiger partial charge in [0.25, 0.3) is 0 Å². The van der Waals surface area contributed by atoms with Gasteiger partial charge in [-0.1, -0.05) is 25.4 Å². The smallest absolute Gasteiger partial charge is 0.241 e. The highest BCUT2D eigenvalue weighted by Gasteiger charge is 2.11. The van der Waals surface area contributed by atoms with Gasteiger partial charge in [0, 0.05) is 25.1 Å². The summed E-state index contributed by atoms with van der Waals surface area (Å²) in [6.07, 6.45) is 0. The Morgan fingerprint density at radius 2 is 2.00 bits per heavy atom. The minimum Gasteiger partial charge on any atom is -0.361 e. The van der Waals surface area contributed by atoms with Gasteiger partial charge in [-0.25, -0.2) is 9.97 Å². The number of carbonyl (C=O) groups excluding carboxylic acids is 1. The largest absolute Gasteiger partial charge is 0.361 e. The van der Waals surface area contributed by atoms with E-state index in [0.29, 0.717) is 29.9 Å². The molecule has 0 aliphatic rings. The van der Waals surface area contributed by atoms with Crippen molar-refractivity contribution in [2.75, 3.05) is 25.0 Å². The van der Waals surface area contributed by atoms with Crippen molar-refractivity contribution >= 4 is 23.3 Å². The zero-order valence-electron chi connectivity index (χ0n) is 11.9. The second-order valence-corrected chi connectivity index (χ2v) is 4.90. The minimum absolute atomic E-state index is 0.0471. The highest BCUT2D eigenvalue weighted by Crippen LogP contribution is 2.16. The van der Waals surface area contributed by atoms with Crippen molar-refractivity contribution in [3.05, 3.63) is 17.0 Å². The van der Waals surface area contributed by atoms with Crippen molar-refractivity contribution in [1.82, 2.24) is 14.9 Å². The standard InChI is InChI=1S/C13H21ClN4O/c1-5-18(6-2)12(19)8-15-11-7-10(14)16-13(17-11)9(3)4/h7,9H,5-6,8H2,1-4H3,(H,15,16,17). The third kappa shape index (κ3) is 4.67. The van der Waals surface area contributed by atoms with Crippen molar-refractivity contribution in [2.45, 2.75) is 33.6 Å². The fourth-order valence-corrected chi connectivity index (χ4v) is 1.83. The Morgan fingerprint density at radius 1 is 1.37 bits per heavy atom. The van der Waals surface area contributed by atoms with Gasteiger partial charge in [-0.2, -0.15) is 0 Å². The lowest BCUT2D eigenvalue weighted by molar-refractivity contribution is -0.128. The average molecular weight is 285 g/mol. The number of hydrogen-bond donors (Lipinski definition) is 1. The summed E-state index contributed by atoms with van der Waals surface area (Å²) >= 11 is 5.94. The summed E-state index contributed by atoms with van der Waals surface area (Å²) < 4.78 is 0. The van der Waals surface area contributed by atoms with Gasteiger partial charge in [-0.05, 0) is 13.8 Å². The van der Waals surface area contributed by atoms with Crippen LogP contribution in [0.25, 0.3) is 0 Å². The van der Waals surface area contributed by atoms with Gasteiger partial charge in [0.05, 0.1) is 6.54 Å². The fourth-order valence-electron chi connectivity index (χ4n) is 1.64. The van der Waals surface area contributed by atoms with Crippen LogP contribution in [0.4, 0.5) is 5.82 Å². The van der Waals surface area contributed by atoms with Crippen LogP contribution in [-0.4, -0.2) is 40.4 Å². The molecule has 1 rings (SSSR count). The van der Waals surface area contributed by atoms with Gasteiger partial charge in [-0.15, -0.1) is 0 Å². The highest BCUT2D eigenvalue weighted by atomic mass is 35.5. The van der Waals surface area contributed by atoms with Crippen LogP contribution in [0, 0.1) is 0 Å². The Labute approximate surface area is 119 Å². The summed E-state index contributed by atoms with van der Waals surface area (Å²) in [4.78, 5) is 22.1. The minimum atomic E-state index is 0.0471. The maximum atomic E-state index is 11.9. The van der Waals surface area contributed by atoms with Crippen LogP contribution in [0.5, 0.6) is 0 Å². The molecule has 6 heteroatoms. The van der Waals surface area contributed by atoms with Crippen molar-refractivity contribution < 1.29 is 4.79 Å². The quantitative estimate of drug-likeness (QED) is 0.816. The molecule has 0 aliphatic heterocycles. The van der Waals surface area contributed by atoms with Crippen molar-refractivity contribution in [3.8, 4) is 0 Å². The highest BCUT2D eigenvalue weighted by molar-refractivity contribution is 6.29. The normalized spacial score (nSPS) is 10.6. The molecule has 0 saturated heterocycles. The molecule has 106 valence electrons. The first kappa shape index (κ1) is 15.7. The molecule has 0 radical (unpaired) electrons. The molecule has 0 unspecified atom stereocenters. The third-order valence-corrected chi connectivity index (χ3v) is 2.96. The van der Waals surface area contributed by atoms with E-state index in [9.17, 15) is 4.79 Å². The Hall–Kier alpha value is -1.36. The first-order valence-corrected chi connectivity index (χ1v) is 6.91. The van der Waals surface area contributed by atoms with Crippen LogP contribution in [0.3, 0.4) is 0 Å². The monoisotopic (exact) mass is 284 g/mol. The first-order chi connectivity index (χ1) is 8.97. The molecule has 0 fully saturated rings. The Morgan fingerprint density at radius 3 is 2.53 bits per heavy atom. The molecule has 0 saturated carbocycles. The van der Waals surface area contributed by atoms with Crippen LogP contribution in [0.1, 0.15) is 39.4 Å². The van der Waals surface area contributed by atoms with Crippen LogP contribution >= 0.6 is 11.6 Å². The summed E-state index contributed by atoms with van der Waals surface area (Å²) in [6.45, 7) is 9.54. The average Bonchev–Trinajstić information content (AvgIpc) is 2.37. The molecule has 0 aromatic carbocycles. The summed E-state index contributed by atoms with van der Waals surface area (Å²) in [5.41, 5.74) is 0. The lowest BCUT2D eigenvalue weighted by Gasteiger charge is -2.19. The molecule has 0 aliphatic carbocycles. The van der Waals surface area contributed by atoms with E-state index in [1.165, 1.54) is 0 Å². The molecule has 1 aromatic heterocycles. The fraction of sp³-hybridized carbons (Fsp3) is 0.615. The predicted octanol–water partition coefficient (Wildman–Crippen LogP) is 2.53. The van der Waals surface area contributed by atoms with E-state index >= 15 is 0 Å². The molecular formula is C13H21ClN4O. The lowest BCUT2D eigenvalue weighted by atomic mass is 10.2. The van der Waals surface area contributed by atoms with Crippen LogP contribution in [-0.2, 0) is 4.79 Å². The Kier molecular flexibility index (Phi) is 6.02. The number of carbonyl (C=O) groups is 1. The van der Waals surface area contributed by atoms with E-state index in [-0.39, 0.29) is 18.4 Å². The molecule has 0 atom stereocenters. The number of halogens is 1. The molecular weight excluding hydrogens is 264 g/mol. The number of amides is 1. The second-order valence-electron chi connectivity index (χ2n) is 4.51. The van der Waals surface area contributed by atoms with E-state index in [0.717, 1.165) is 0 Å². The second kappa shape index (κ2) is 7.28. The molecule has 0 bridgehead atoms. The van der Waals surface area contributed by atoms with Crippen LogP contribution in [0.15, 0.2) is 6.07 Å². The van der Waals surface area contributed by atoms with Gasteiger partial charge < -0.3 is 10.2 Å². The molecule has 1 amide bonds. The molecule has 19 heavy (non-hydrogen) atoms. The van der Waals surface area contributed by atoms with E-state index in [1.54, 1.807) is 11.0 Å². The summed E-state index contributed by atoms with van der Waals surface area (Å²) in [6, 6.07) is 1.63. The van der Waals surface area contributed by atoms with Crippen molar-refractivity contribution in [2.24, 2.45) is 0 Å². The summed E-state index contributed by atoms with van der Waals surface area (Å²) in [7, 11) is 0. The van der Waals surface area contributed by atoms with Gasteiger partial charge >= 0.3 is 0 Å². The third-order valence-electron chi connectivity index (χ3n) is 2.77. The van der Waals surface area contributed by atoms with Crippen LogP contribution in [0.2, 0.25) is 5.15 Å². The number of nitrogens with zero attached hydrogens (tertiary/aromatic N) is 3. The zero-order chi connectivity index (χ0) is 14.4. The molecule has 5 nitrogen and oxygen atoms in total. The van der Waals surface area contributed by atoms with Gasteiger partial charge in [0.2, 0.25) is 5.91 Å². The van der Waals surface area contributed by atoms with Gasteiger partial charge in [0.1, 0.15) is 16.8 Å². The maximum absolute atomic E-state index is 11.9. The topological polar surface area (TPSA) is 58.1 Å². The van der Waals surface area contributed by atoms with E-state index in [2.05, 4.69) is 15.3 Å². The molecule has 0 spiro atoms. The van der Waals surface area contributed by atoms with E-state index in [1.807, 2.05) is 27.7 Å². The number of rotatable bonds is 6. The predicted molar refractivity (Wildman–Crippen MR) is 77.5 cm³/mol. The number of aromatic nitrogens is 2. The molecule has 1 N–H and O–H groups in total. The first-order valence-electron chi connectivity index (χ1n) is 6.54. The number of anilines is 1. The lowest BCUT2D eigenvalue weighted by Crippen LogP contribution is -2.35.